The third kappa shape index (κ3) is 4.87. The number of aryl methyl sites for hydroxylation is 2. The number of rotatable bonds is 6. The van der Waals surface area contributed by atoms with Crippen molar-refractivity contribution in [3.63, 3.8) is 0 Å². The van der Waals surface area contributed by atoms with Crippen LogP contribution in [-0.2, 0) is 20.9 Å². The molecule has 2 aromatic rings. The molecule has 2 aliphatic heterocycles. The van der Waals surface area contributed by atoms with Crippen LogP contribution in [0.2, 0.25) is 0 Å². The molecule has 4 rings (SSSR count). The molecule has 1 atom stereocenters. The highest BCUT2D eigenvalue weighted by Crippen LogP contribution is 2.26. The molecule has 0 N–H and O–H groups in total. The van der Waals surface area contributed by atoms with Crippen molar-refractivity contribution in [2.45, 2.75) is 33.4 Å². The number of nitrogens with zero attached hydrogens (tertiary/aromatic N) is 3. The van der Waals surface area contributed by atoms with Crippen LogP contribution in [-0.4, -0.2) is 77.2 Å². The summed E-state index contributed by atoms with van der Waals surface area (Å²) >= 11 is 0. The van der Waals surface area contributed by atoms with E-state index in [0.717, 1.165) is 30.1 Å². The van der Waals surface area contributed by atoms with Gasteiger partial charge in [-0.2, -0.15) is 0 Å². The van der Waals surface area contributed by atoms with E-state index >= 15 is 0 Å². The minimum Gasteiger partial charge on any atom is -0.454 e. The average molecular weight is 464 g/mol. The lowest BCUT2D eigenvalue weighted by molar-refractivity contribution is -0.155. The highest BCUT2D eigenvalue weighted by atomic mass is 16.5. The molecule has 1 fully saturated rings. The number of imide groups is 1. The molecule has 178 valence electrons. The van der Waals surface area contributed by atoms with Gasteiger partial charge in [0.25, 0.3) is 17.7 Å². The smallest absolute Gasteiger partial charge is 0.329 e. The molecule has 0 saturated carbocycles. The van der Waals surface area contributed by atoms with E-state index in [1.54, 1.807) is 23.1 Å². The quantitative estimate of drug-likeness (QED) is 0.482. The molecule has 2 aromatic carbocycles. The summed E-state index contributed by atoms with van der Waals surface area (Å²) in [4.78, 5) is 55.3. The predicted molar refractivity (Wildman–Crippen MR) is 125 cm³/mol. The van der Waals surface area contributed by atoms with Crippen LogP contribution >= 0.6 is 0 Å². The molecule has 0 aromatic heterocycles. The van der Waals surface area contributed by atoms with E-state index in [0.29, 0.717) is 13.1 Å². The first-order chi connectivity index (χ1) is 16.2. The predicted octanol–water partition coefficient (Wildman–Crippen LogP) is 2.18. The van der Waals surface area contributed by atoms with Crippen molar-refractivity contribution < 1.29 is 23.9 Å². The van der Waals surface area contributed by atoms with Gasteiger partial charge in [-0.25, -0.2) is 4.79 Å². The van der Waals surface area contributed by atoms with Gasteiger partial charge in [0.2, 0.25) is 0 Å². The van der Waals surface area contributed by atoms with Crippen molar-refractivity contribution in [2.24, 2.45) is 0 Å². The molecule has 2 heterocycles. The maximum atomic E-state index is 12.7. The molecule has 0 aliphatic carbocycles. The van der Waals surface area contributed by atoms with Gasteiger partial charge < -0.3 is 9.64 Å². The summed E-state index contributed by atoms with van der Waals surface area (Å²) in [6.07, 6.45) is 0. The van der Waals surface area contributed by atoms with Gasteiger partial charge in [0.15, 0.2) is 6.61 Å². The molecule has 3 amide bonds. The third-order valence-electron chi connectivity index (χ3n) is 6.35. The lowest BCUT2D eigenvalue weighted by atomic mass is 10.1. The first-order valence-electron chi connectivity index (χ1n) is 11.5. The molecule has 0 bridgehead atoms. The fourth-order valence-corrected chi connectivity index (χ4v) is 4.40. The Morgan fingerprint density at radius 1 is 0.912 bits per heavy atom. The van der Waals surface area contributed by atoms with Crippen LogP contribution in [0.1, 0.15) is 44.3 Å². The van der Waals surface area contributed by atoms with E-state index in [2.05, 4.69) is 30.0 Å². The summed E-state index contributed by atoms with van der Waals surface area (Å²) in [6.45, 7) is 8.32. The summed E-state index contributed by atoms with van der Waals surface area (Å²) in [6, 6.07) is 12.2. The van der Waals surface area contributed by atoms with Crippen molar-refractivity contribution >= 4 is 23.7 Å². The number of amides is 3. The maximum absolute atomic E-state index is 12.7. The SMILES string of the molecule is Cc1cccc(CN2CCN(C(=O)COC(=O)C(C)N3C(=O)c4ccc(C)cc4C3=O)CC2)c1. The lowest BCUT2D eigenvalue weighted by Crippen LogP contribution is -2.50. The molecule has 8 nitrogen and oxygen atoms in total. The molecular formula is C26H29N3O5. The van der Waals surface area contributed by atoms with E-state index < -0.39 is 30.4 Å². The summed E-state index contributed by atoms with van der Waals surface area (Å²) in [7, 11) is 0. The van der Waals surface area contributed by atoms with Gasteiger partial charge in [-0.15, -0.1) is 0 Å². The van der Waals surface area contributed by atoms with Gasteiger partial charge in [0, 0.05) is 32.7 Å². The second kappa shape index (κ2) is 9.77. The van der Waals surface area contributed by atoms with Gasteiger partial charge in [0.05, 0.1) is 11.1 Å². The number of carbonyl (C=O) groups is 4. The molecule has 0 spiro atoms. The van der Waals surface area contributed by atoms with E-state index in [1.165, 1.54) is 18.1 Å². The van der Waals surface area contributed by atoms with Crippen molar-refractivity contribution in [1.82, 2.24) is 14.7 Å². The fourth-order valence-electron chi connectivity index (χ4n) is 4.40. The minimum atomic E-state index is -1.12. The Morgan fingerprint density at radius 2 is 1.59 bits per heavy atom. The van der Waals surface area contributed by atoms with Gasteiger partial charge >= 0.3 is 5.97 Å². The van der Waals surface area contributed by atoms with Crippen molar-refractivity contribution in [3.8, 4) is 0 Å². The van der Waals surface area contributed by atoms with Gasteiger partial charge in [-0.05, 0) is 38.5 Å². The Hall–Kier alpha value is -3.52. The van der Waals surface area contributed by atoms with Crippen LogP contribution in [0.3, 0.4) is 0 Å². The summed E-state index contributed by atoms with van der Waals surface area (Å²) in [5.41, 5.74) is 3.87. The zero-order valence-corrected chi connectivity index (χ0v) is 19.7. The Labute approximate surface area is 199 Å². The topological polar surface area (TPSA) is 87.2 Å². The molecule has 0 radical (unpaired) electrons. The molecular weight excluding hydrogens is 434 g/mol. The monoisotopic (exact) mass is 463 g/mol. The maximum Gasteiger partial charge on any atom is 0.329 e. The van der Waals surface area contributed by atoms with E-state index in [4.69, 9.17) is 4.74 Å². The van der Waals surface area contributed by atoms with Crippen LogP contribution in [0.15, 0.2) is 42.5 Å². The second-order valence-corrected chi connectivity index (χ2v) is 8.96. The number of piperazine rings is 1. The van der Waals surface area contributed by atoms with Crippen molar-refractivity contribution in [3.05, 3.63) is 70.3 Å². The summed E-state index contributed by atoms with van der Waals surface area (Å²) < 4.78 is 5.20. The first-order valence-corrected chi connectivity index (χ1v) is 11.5. The number of benzene rings is 2. The Kier molecular flexibility index (Phi) is 6.79. The van der Waals surface area contributed by atoms with Crippen LogP contribution in [0.5, 0.6) is 0 Å². The zero-order chi connectivity index (χ0) is 24.4. The summed E-state index contributed by atoms with van der Waals surface area (Å²) in [5.74, 6) is -2.11. The number of carbonyl (C=O) groups excluding carboxylic acids is 4. The highest BCUT2D eigenvalue weighted by Gasteiger charge is 2.41. The zero-order valence-electron chi connectivity index (χ0n) is 19.7. The van der Waals surface area contributed by atoms with E-state index in [-0.39, 0.29) is 17.0 Å². The van der Waals surface area contributed by atoms with Crippen LogP contribution in [0.4, 0.5) is 0 Å². The Morgan fingerprint density at radius 3 is 2.29 bits per heavy atom. The Bertz CT molecular complexity index is 1140. The Balaban J connectivity index is 1.26. The molecule has 1 saturated heterocycles. The van der Waals surface area contributed by atoms with Gasteiger partial charge in [0.1, 0.15) is 6.04 Å². The van der Waals surface area contributed by atoms with Crippen LogP contribution < -0.4 is 0 Å². The molecule has 1 unspecified atom stereocenters. The second-order valence-electron chi connectivity index (χ2n) is 8.96. The standard InChI is InChI=1S/C26H29N3O5/c1-17-5-4-6-20(13-17)15-27-9-11-28(12-10-27)23(30)16-34-26(33)19(3)29-24(31)21-8-7-18(2)14-22(21)25(29)32/h4-8,13-14,19H,9-12,15-16H2,1-3H3. The largest absolute Gasteiger partial charge is 0.454 e. The van der Waals surface area contributed by atoms with Gasteiger partial charge in [-0.1, -0.05) is 41.5 Å². The highest BCUT2D eigenvalue weighted by molar-refractivity contribution is 6.22. The van der Waals surface area contributed by atoms with E-state index in [9.17, 15) is 19.2 Å². The number of ether oxygens (including phenoxy) is 1. The van der Waals surface area contributed by atoms with Crippen molar-refractivity contribution in [1.29, 1.82) is 0 Å². The third-order valence-corrected chi connectivity index (χ3v) is 6.35. The minimum absolute atomic E-state index is 0.273. The molecule has 2 aliphatic rings. The number of esters is 1. The molecule has 34 heavy (non-hydrogen) atoms. The molecule has 8 heteroatoms. The van der Waals surface area contributed by atoms with Gasteiger partial charge in [-0.3, -0.25) is 24.2 Å². The first kappa shape index (κ1) is 23.6. The lowest BCUT2D eigenvalue weighted by Gasteiger charge is -2.34. The number of hydrogen-bond donors (Lipinski definition) is 0. The van der Waals surface area contributed by atoms with Crippen LogP contribution in [0.25, 0.3) is 0 Å². The normalized spacial score (nSPS) is 17.0. The van der Waals surface area contributed by atoms with Crippen LogP contribution in [0, 0.1) is 13.8 Å². The average Bonchev–Trinajstić information content (AvgIpc) is 3.06. The fraction of sp³-hybridized carbons (Fsp3) is 0.385. The number of fused-ring (bicyclic) bond motifs is 1. The van der Waals surface area contributed by atoms with E-state index in [1.807, 2.05) is 13.0 Å². The van der Waals surface area contributed by atoms with Crippen molar-refractivity contribution in [2.75, 3.05) is 32.8 Å². The number of hydrogen-bond acceptors (Lipinski definition) is 6. The summed E-state index contributed by atoms with van der Waals surface area (Å²) in [5, 5.41) is 0.